The van der Waals surface area contributed by atoms with Crippen molar-refractivity contribution in [2.75, 3.05) is 25.2 Å². The molecule has 1 aromatic rings. The van der Waals surface area contributed by atoms with Crippen LogP contribution in [0, 0.1) is 0 Å². The highest BCUT2D eigenvalue weighted by atomic mass is 32.2. The second kappa shape index (κ2) is 11.3. The Labute approximate surface area is 198 Å². The van der Waals surface area contributed by atoms with Crippen LogP contribution >= 0.6 is 0 Å². The van der Waals surface area contributed by atoms with Crippen molar-refractivity contribution in [2.45, 2.75) is 51.5 Å². The summed E-state index contributed by atoms with van der Waals surface area (Å²) in [7, 11) is -3.10. The number of nitrogens with one attached hydrogen (secondary N) is 1. The lowest BCUT2D eigenvalue weighted by Crippen LogP contribution is -2.62. The van der Waals surface area contributed by atoms with E-state index in [1.54, 1.807) is 45.0 Å². The Bertz CT molecular complexity index is 1000. The Morgan fingerprint density at radius 1 is 1.15 bits per heavy atom. The number of rotatable bonds is 9. The molecule has 0 aromatic heterocycles. The van der Waals surface area contributed by atoms with Gasteiger partial charge in [0.25, 0.3) is 0 Å². The molecule has 1 saturated heterocycles. The molecule has 1 aromatic carbocycles. The summed E-state index contributed by atoms with van der Waals surface area (Å²) in [5, 5.41) is 2.25. The number of carbonyl (C=O) groups is 4. The van der Waals surface area contributed by atoms with Crippen molar-refractivity contribution in [1.29, 1.82) is 0 Å². The quantitative estimate of drug-likeness (QED) is 0.386. The lowest BCUT2D eigenvalue weighted by Gasteiger charge is -2.40. The Kier molecular flexibility index (Phi) is 9.02. The van der Waals surface area contributed by atoms with Gasteiger partial charge < -0.3 is 24.4 Å². The normalized spacial score (nSPS) is 16.6. The molecule has 34 heavy (non-hydrogen) atoms. The van der Waals surface area contributed by atoms with Gasteiger partial charge in [-0.3, -0.25) is 9.59 Å². The molecule has 0 spiro atoms. The molecule has 1 N–H and O–H groups in total. The van der Waals surface area contributed by atoms with Gasteiger partial charge in [-0.15, -0.1) is 0 Å². The minimum absolute atomic E-state index is 0.0191. The number of ether oxygens (including phenoxy) is 3. The molecule has 0 saturated carbocycles. The highest BCUT2D eigenvalue weighted by Crippen LogP contribution is 2.21. The van der Waals surface area contributed by atoms with Crippen LogP contribution in [0.15, 0.2) is 30.3 Å². The molecule has 188 valence electrons. The number of likely N-dealkylation sites (tertiary alicyclic amines) is 1. The molecule has 2 rings (SSSR count). The molecule has 0 aliphatic carbocycles. The fraction of sp³-hybridized carbons (Fsp3) is 0.545. The van der Waals surface area contributed by atoms with Gasteiger partial charge in [0.2, 0.25) is 5.91 Å². The molecule has 2 unspecified atom stereocenters. The number of methoxy groups -OCH3 is 1. The third kappa shape index (κ3) is 8.32. The van der Waals surface area contributed by atoms with E-state index in [2.05, 4.69) is 10.1 Å². The number of carbonyl (C=O) groups excluding carboxylic acids is 4. The molecule has 0 radical (unpaired) electrons. The largest absolute Gasteiger partial charge is 0.468 e. The van der Waals surface area contributed by atoms with Crippen molar-refractivity contribution in [1.82, 2.24) is 10.2 Å². The second-order valence-corrected chi connectivity index (χ2v) is 10.9. The lowest BCUT2D eigenvalue weighted by molar-refractivity contribution is -0.163. The van der Waals surface area contributed by atoms with E-state index >= 15 is 0 Å². The number of benzene rings is 1. The van der Waals surface area contributed by atoms with Crippen molar-refractivity contribution in [3.8, 4) is 0 Å². The van der Waals surface area contributed by atoms with Crippen molar-refractivity contribution in [2.24, 2.45) is 0 Å². The number of esters is 2. The van der Waals surface area contributed by atoms with E-state index in [9.17, 15) is 27.6 Å². The zero-order valence-electron chi connectivity index (χ0n) is 19.6. The van der Waals surface area contributed by atoms with Crippen LogP contribution in [0.25, 0.3) is 0 Å². The summed E-state index contributed by atoms with van der Waals surface area (Å²) < 4.78 is 39.7. The average Bonchev–Trinajstić information content (AvgIpc) is 2.69. The smallest absolute Gasteiger partial charge is 0.408 e. The van der Waals surface area contributed by atoms with Gasteiger partial charge in [-0.05, 0) is 32.8 Å². The Morgan fingerprint density at radius 3 is 2.32 bits per heavy atom. The van der Waals surface area contributed by atoms with Crippen LogP contribution in [-0.4, -0.2) is 80.1 Å². The number of hydrogen-bond donors (Lipinski definition) is 1. The Balaban J connectivity index is 2.11. The Morgan fingerprint density at radius 2 is 1.79 bits per heavy atom. The molecular weight excluding hydrogens is 468 g/mol. The van der Waals surface area contributed by atoms with E-state index in [4.69, 9.17) is 9.47 Å². The summed E-state index contributed by atoms with van der Waals surface area (Å²) >= 11 is 0. The van der Waals surface area contributed by atoms with Gasteiger partial charge in [0.05, 0.1) is 12.9 Å². The highest BCUT2D eigenvalue weighted by molar-refractivity contribution is 7.92. The second-order valence-electron chi connectivity index (χ2n) is 8.76. The van der Waals surface area contributed by atoms with E-state index in [-0.39, 0.29) is 13.2 Å². The van der Waals surface area contributed by atoms with E-state index in [0.29, 0.717) is 6.42 Å². The molecule has 0 bridgehead atoms. The van der Waals surface area contributed by atoms with Crippen molar-refractivity contribution in [3.63, 3.8) is 0 Å². The first-order valence-electron chi connectivity index (χ1n) is 10.6. The molecule has 1 heterocycles. The molecule has 1 aliphatic rings. The predicted octanol–water partition coefficient (Wildman–Crippen LogP) is 0.812. The van der Waals surface area contributed by atoms with Crippen LogP contribution in [0.5, 0.6) is 0 Å². The van der Waals surface area contributed by atoms with Gasteiger partial charge in [-0.1, -0.05) is 30.3 Å². The first-order chi connectivity index (χ1) is 15.8. The summed E-state index contributed by atoms with van der Waals surface area (Å²) in [6, 6.07) is 6.49. The third-order valence-corrected chi connectivity index (χ3v) is 6.29. The van der Waals surface area contributed by atoms with Crippen LogP contribution in [0.4, 0.5) is 4.79 Å². The SMILES string of the molecule is COC(=O)CS(=O)(=O)CC(NC(=O)OC(C)(C)C)C(=O)N1CCC1C(=O)OCc1ccccc1. The third-order valence-electron chi connectivity index (χ3n) is 4.77. The van der Waals surface area contributed by atoms with Crippen molar-refractivity contribution in [3.05, 3.63) is 35.9 Å². The highest BCUT2D eigenvalue weighted by Gasteiger charge is 2.43. The number of nitrogens with zero attached hydrogens (tertiary/aromatic N) is 1. The Hall–Kier alpha value is -3.15. The van der Waals surface area contributed by atoms with Gasteiger partial charge in [0, 0.05) is 6.54 Å². The average molecular weight is 499 g/mol. The standard InChI is InChI=1S/C22H30N2O9S/c1-22(2,3)33-21(28)23-16(13-34(29,30)14-18(25)31-4)19(26)24-11-10-17(24)20(27)32-12-15-8-6-5-7-9-15/h5-9,16-17H,10-14H2,1-4H3,(H,23,28). The van der Waals surface area contributed by atoms with Crippen LogP contribution in [0.3, 0.4) is 0 Å². The fourth-order valence-electron chi connectivity index (χ4n) is 3.10. The number of sulfone groups is 1. The summed E-state index contributed by atoms with van der Waals surface area (Å²) in [4.78, 5) is 50.5. The lowest BCUT2D eigenvalue weighted by atomic mass is 10.0. The maximum atomic E-state index is 13.1. The number of hydrogen-bond acceptors (Lipinski definition) is 9. The van der Waals surface area contributed by atoms with E-state index in [1.165, 1.54) is 0 Å². The fourth-order valence-corrected chi connectivity index (χ4v) is 4.43. The van der Waals surface area contributed by atoms with E-state index < -0.39 is 63.0 Å². The molecule has 2 atom stereocenters. The number of alkyl carbamates (subject to hydrolysis) is 1. The van der Waals surface area contributed by atoms with Gasteiger partial charge in [0.1, 0.15) is 30.0 Å². The number of amides is 2. The minimum Gasteiger partial charge on any atom is -0.468 e. The molecule has 11 nitrogen and oxygen atoms in total. The summed E-state index contributed by atoms with van der Waals surface area (Å²) in [5.74, 6) is -4.28. The molecule has 2 amide bonds. The van der Waals surface area contributed by atoms with Crippen molar-refractivity contribution >= 4 is 33.8 Å². The zero-order valence-corrected chi connectivity index (χ0v) is 20.4. The maximum Gasteiger partial charge on any atom is 0.408 e. The first kappa shape index (κ1) is 27.1. The molecular formula is C22H30N2O9S. The van der Waals surface area contributed by atoms with Gasteiger partial charge in [-0.2, -0.15) is 0 Å². The van der Waals surface area contributed by atoms with E-state index in [0.717, 1.165) is 17.6 Å². The summed E-state index contributed by atoms with van der Waals surface area (Å²) in [6.07, 6.45) is -0.684. The van der Waals surface area contributed by atoms with Crippen LogP contribution < -0.4 is 5.32 Å². The first-order valence-corrected chi connectivity index (χ1v) is 12.4. The van der Waals surface area contributed by atoms with E-state index in [1.807, 2.05) is 6.07 Å². The molecule has 1 fully saturated rings. The van der Waals surface area contributed by atoms with Gasteiger partial charge in [-0.25, -0.2) is 18.0 Å². The summed E-state index contributed by atoms with van der Waals surface area (Å²) in [5.41, 5.74) is -0.130. The topological polar surface area (TPSA) is 145 Å². The maximum absolute atomic E-state index is 13.1. The minimum atomic E-state index is -4.14. The predicted molar refractivity (Wildman–Crippen MR) is 120 cm³/mol. The monoisotopic (exact) mass is 498 g/mol. The van der Waals surface area contributed by atoms with Crippen LogP contribution in [0.1, 0.15) is 32.8 Å². The molecule has 12 heteroatoms. The summed E-state index contributed by atoms with van der Waals surface area (Å²) in [6.45, 7) is 5.00. The van der Waals surface area contributed by atoms with Crippen LogP contribution in [0.2, 0.25) is 0 Å². The van der Waals surface area contributed by atoms with Gasteiger partial charge >= 0.3 is 18.0 Å². The van der Waals surface area contributed by atoms with Crippen molar-refractivity contribution < 1.29 is 41.8 Å². The van der Waals surface area contributed by atoms with Crippen LogP contribution in [-0.2, 0) is 45.0 Å². The van der Waals surface area contributed by atoms with Gasteiger partial charge in [0.15, 0.2) is 9.84 Å². The zero-order chi connectivity index (χ0) is 25.5. The molecule has 1 aliphatic heterocycles.